The lowest BCUT2D eigenvalue weighted by molar-refractivity contribution is 0.455. The third kappa shape index (κ3) is 10.5. The SMILES string of the molecule is CCCCCCCCCC(NCCCCCC)c1ccccc1. The fraction of sp³-hybridized carbons (Fsp3) is 0.727. The van der Waals surface area contributed by atoms with Crippen LogP contribution in [0.15, 0.2) is 30.3 Å². The molecule has 1 N–H and O–H groups in total. The zero-order valence-corrected chi connectivity index (χ0v) is 15.7. The Kier molecular flexibility index (Phi) is 13.0. The van der Waals surface area contributed by atoms with Crippen molar-refractivity contribution in [3.63, 3.8) is 0 Å². The molecule has 0 spiro atoms. The van der Waals surface area contributed by atoms with Crippen molar-refractivity contribution in [2.24, 2.45) is 0 Å². The Morgan fingerprint density at radius 2 is 1.26 bits per heavy atom. The van der Waals surface area contributed by atoms with E-state index in [0.29, 0.717) is 6.04 Å². The van der Waals surface area contributed by atoms with Gasteiger partial charge in [0.05, 0.1) is 0 Å². The lowest BCUT2D eigenvalue weighted by Crippen LogP contribution is -2.22. The van der Waals surface area contributed by atoms with E-state index in [9.17, 15) is 0 Å². The van der Waals surface area contributed by atoms with Crippen LogP contribution in [-0.2, 0) is 0 Å². The minimum atomic E-state index is 0.550. The quantitative estimate of drug-likeness (QED) is 0.342. The maximum Gasteiger partial charge on any atom is 0.0320 e. The van der Waals surface area contributed by atoms with Crippen molar-refractivity contribution in [2.45, 2.75) is 96.9 Å². The summed E-state index contributed by atoms with van der Waals surface area (Å²) in [7, 11) is 0. The molecular weight excluding hydrogens is 278 g/mol. The summed E-state index contributed by atoms with van der Waals surface area (Å²) >= 11 is 0. The summed E-state index contributed by atoms with van der Waals surface area (Å²) < 4.78 is 0. The number of hydrogen-bond donors (Lipinski definition) is 1. The first-order valence-corrected chi connectivity index (χ1v) is 10.2. The molecule has 1 rings (SSSR count). The predicted molar refractivity (Wildman–Crippen MR) is 104 cm³/mol. The molecule has 0 amide bonds. The molecule has 0 bridgehead atoms. The van der Waals surface area contributed by atoms with Crippen LogP contribution in [0.4, 0.5) is 0 Å². The molecule has 132 valence electrons. The minimum Gasteiger partial charge on any atom is -0.310 e. The smallest absolute Gasteiger partial charge is 0.0320 e. The lowest BCUT2D eigenvalue weighted by atomic mass is 9.99. The van der Waals surface area contributed by atoms with E-state index in [-0.39, 0.29) is 0 Å². The van der Waals surface area contributed by atoms with E-state index in [1.165, 1.54) is 82.6 Å². The average molecular weight is 318 g/mol. The molecule has 0 aromatic heterocycles. The predicted octanol–water partition coefficient (Wildman–Crippen LogP) is 7.04. The van der Waals surface area contributed by atoms with E-state index in [0.717, 1.165) is 6.54 Å². The number of benzene rings is 1. The maximum atomic E-state index is 3.81. The summed E-state index contributed by atoms with van der Waals surface area (Å²) in [4.78, 5) is 0. The molecule has 0 radical (unpaired) electrons. The molecule has 0 aliphatic rings. The van der Waals surface area contributed by atoms with Gasteiger partial charge in [-0.15, -0.1) is 0 Å². The minimum absolute atomic E-state index is 0.550. The van der Waals surface area contributed by atoms with Gasteiger partial charge in [-0.05, 0) is 24.9 Å². The second-order valence-electron chi connectivity index (χ2n) is 6.89. The number of nitrogens with one attached hydrogen (secondary N) is 1. The van der Waals surface area contributed by atoms with Gasteiger partial charge in [0.2, 0.25) is 0 Å². The summed E-state index contributed by atoms with van der Waals surface area (Å²) in [5.74, 6) is 0. The Morgan fingerprint density at radius 1 is 0.696 bits per heavy atom. The van der Waals surface area contributed by atoms with Crippen LogP contribution in [0.5, 0.6) is 0 Å². The highest BCUT2D eigenvalue weighted by atomic mass is 14.9. The van der Waals surface area contributed by atoms with Gasteiger partial charge in [-0.1, -0.05) is 108 Å². The van der Waals surface area contributed by atoms with Gasteiger partial charge in [0, 0.05) is 6.04 Å². The normalized spacial score (nSPS) is 12.4. The van der Waals surface area contributed by atoms with Gasteiger partial charge in [-0.3, -0.25) is 0 Å². The number of unbranched alkanes of at least 4 members (excludes halogenated alkanes) is 9. The first-order chi connectivity index (χ1) is 11.4. The van der Waals surface area contributed by atoms with Crippen molar-refractivity contribution in [1.29, 1.82) is 0 Å². The Hall–Kier alpha value is -0.820. The van der Waals surface area contributed by atoms with Gasteiger partial charge >= 0.3 is 0 Å². The van der Waals surface area contributed by atoms with E-state index in [1.807, 2.05) is 0 Å². The van der Waals surface area contributed by atoms with Crippen LogP contribution in [-0.4, -0.2) is 6.54 Å². The van der Waals surface area contributed by atoms with Gasteiger partial charge in [0.1, 0.15) is 0 Å². The first-order valence-electron chi connectivity index (χ1n) is 10.2. The van der Waals surface area contributed by atoms with Crippen molar-refractivity contribution < 1.29 is 0 Å². The average Bonchev–Trinajstić information content (AvgIpc) is 2.59. The molecule has 23 heavy (non-hydrogen) atoms. The van der Waals surface area contributed by atoms with Crippen molar-refractivity contribution in [3.8, 4) is 0 Å². The van der Waals surface area contributed by atoms with Gasteiger partial charge in [-0.25, -0.2) is 0 Å². The largest absolute Gasteiger partial charge is 0.310 e. The van der Waals surface area contributed by atoms with E-state index >= 15 is 0 Å². The van der Waals surface area contributed by atoms with Crippen LogP contribution in [0.25, 0.3) is 0 Å². The molecule has 1 nitrogen and oxygen atoms in total. The molecule has 0 fully saturated rings. The molecule has 1 heteroatoms. The Balaban J connectivity index is 2.25. The molecule has 0 heterocycles. The molecule has 0 saturated heterocycles. The van der Waals surface area contributed by atoms with E-state index in [2.05, 4.69) is 49.5 Å². The van der Waals surface area contributed by atoms with E-state index in [4.69, 9.17) is 0 Å². The molecular formula is C22H39N. The number of hydrogen-bond acceptors (Lipinski definition) is 1. The van der Waals surface area contributed by atoms with Crippen LogP contribution in [0.1, 0.15) is 103 Å². The van der Waals surface area contributed by atoms with Crippen LogP contribution >= 0.6 is 0 Å². The molecule has 1 aromatic rings. The van der Waals surface area contributed by atoms with Crippen LogP contribution in [0.2, 0.25) is 0 Å². The highest BCUT2D eigenvalue weighted by Crippen LogP contribution is 2.20. The third-order valence-corrected chi connectivity index (χ3v) is 4.72. The third-order valence-electron chi connectivity index (χ3n) is 4.72. The van der Waals surface area contributed by atoms with Crippen LogP contribution < -0.4 is 5.32 Å². The molecule has 0 saturated carbocycles. The first kappa shape index (κ1) is 20.2. The summed E-state index contributed by atoms with van der Waals surface area (Å²) in [5, 5.41) is 3.81. The summed E-state index contributed by atoms with van der Waals surface area (Å²) in [6.07, 6.45) is 16.4. The van der Waals surface area contributed by atoms with Crippen molar-refractivity contribution >= 4 is 0 Å². The summed E-state index contributed by atoms with van der Waals surface area (Å²) in [6.45, 7) is 5.73. The molecule has 0 aliphatic heterocycles. The monoisotopic (exact) mass is 317 g/mol. The van der Waals surface area contributed by atoms with Gasteiger partial charge in [0.15, 0.2) is 0 Å². The summed E-state index contributed by atoms with van der Waals surface area (Å²) in [6, 6.07) is 11.6. The highest BCUT2D eigenvalue weighted by Gasteiger charge is 2.09. The fourth-order valence-electron chi connectivity index (χ4n) is 3.21. The van der Waals surface area contributed by atoms with Crippen LogP contribution in [0.3, 0.4) is 0 Å². The van der Waals surface area contributed by atoms with E-state index < -0.39 is 0 Å². The molecule has 1 atom stereocenters. The summed E-state index contributed by atoms with van der Waals surface area (Å²) in [5.41, 5.74) is 1.47. The van der Waals surface area contributed by atoms with Gasteiger partial charge in [-0.2, -0.15) is 0 Å². The second kappa shape index (κ2) is 14.8. The molecule has 1 unspecified atom stereocenters. The van der Waals surface area contributed by atoms with Crippen molar-refractivity contribution in [3.05, 3.63) is 35.9 Å². The number of rotatable bonds is 15. The Labute approximate surface area is 145 Å². The fourth-order valence-corrected chi connectivity index (χ4v) is 3.21. The van der Waals surface area contributed by atoms with Gasteiger partial charge in [0.25, 0.3) is 0 Å². The Bertz CT molecular complexity index is 346. The van der Waals surface area contributed by atoms with Crippen molar-refractivity contribution in [2.75, 3.05) is 6.54 Å². The zero-order valence-electron chi connectivity index (χ0n) is 15.7. The Morgan fingerprint density at radius 3 is 1.91 bits per heavy atom. The van der Waals surface area contributed by atoms with Crippen molar-refractivity contribution in [1.82, 2.24) is 5.32 Å². The molecule has 0 aliphatic carbocycles. The maximum absolute atomic E-state index is 3.81. The molecule has 1 aromatic carbocycles. The van der Waals surface area contributed by atoms with Gasteiger partial charge < -0.3 is 5.32 Å². The lowest BCUT2D eigenvalue weighted by Gasteiger charge is -2.19. The van der Waals surface area contributed by atoms with E-state index in [1.54, 1.807) is 0 Å². The van der Waals surface area contributed by atoms with Crippen LogP contribution in [0, 0.1) is 0 Å². The topological polar surface area (TPSA) is 12.0 Å². The highest BCUT2D eigenvalue weighted by molar-refractivity contribution is 5.18. The zero-order chi connectivity index (χ0) is 16.6. The standard InChI is InChI=1S/C22H39N/c1-3-5-7-9-10-11-15-19-22(21-17-13-12-14-18-21)23-20-16-8-6-4-2/h12-14,17-18,22-23H,3-11,15-16,19-20H2,1-2H3. The second-order valence-corrected chi connectivity index (χ2v) is 6.89.